The Balaban J connectivity index is 2.35. The molecule has 2 aromatic rings. The molecule has 0 aliphatic rings. The predicted octanol–water partition coefficient (Wildman–Crippen LogP) is 2.65. The largest absolute Gasteiger partial charge is 0.508 e. The number of alkyl carbamates (subject to hydrolysis) is 1. The Hall–Kier alpha value is -3.85. The molecule has 4 N–H and O–H groups in total. The molecule has 0 aromatic heterocycles. The Morgan fingerprint density at radius 1 is 1.09 bits per heavy atom. The summed E-state index contributed by atoms with van der Waals surface area (Å²) in [6, 6.07) is 12.7. The number of aromatic hydroxyl groups is 1. The van der Waals surface area contributed by atoms with Gasteiger partial charge in [0.2, 0.25) is 11.8 Å². The number of amides is 3. The molecular weight excluding hydrogens is 450 g/mol. The molecular formula is C26H33N3O6. The zero-order valence-corrected chi connectivity index (χ0v) is 20.2. The average Bonchev–Trinajstić information content (AvgIpc) is 2.81. The van der Waals surface area contributed by atoms with Gasteiger partial charge in [0.15, 0.2) is 0 Å². The summed E-state index contributed by atoms with van der Waals surface area (Å²) >= 11 is 0. The van der Waals surface area contributed by atoms with Crippen molar-refractivity contribution < 1.29 is 29.3 Å². The number of phenolic OH excluding ortho intramolecular Hbond substituents is 1. The monoisotopic (exact) mass is 483 g/mol. The van der Waals surface area contributed by atoms with Crippen molar-refractivity contribution in [2.45, 2.75) is 45.0 Å². The minimum atomic E-state index is -1.36. The van der Waals surface area contributed by atoms with Crippen molar-refractivity contribution in [3.8, 4) is 5.75 Å². The molecule has 9 heteroatoms. The van der Waals surface area contributed by atoms with E-state index in [1.54, 1.807) is 20.8 Å². The summed E-state index contributed by atoms with van der Waals surface area (Å²) in [6.07, 6.45) is 0.565. The molecule has 0 fully saturated rings. The van der Waals surface area contributed by atoms with Gasteiger partial charge in [-0.05, 0) is 44.0 Å². The minimum Gasteiger partial charge on any atom is -0.508 e. The second-order valence-corrected chi connectivity index (χ2v) is 8.86. The van der Waals surface area contributed by atoms with Gasteiger partial charge in [0.1, 0.15) is 23.4 Å². The van der Waals surface area contributed by atoms with E-state index in [1.165, 1.54) is 35.2 Å². The van der Waals surface area contributed by atoms with Gasteiger partial charge in [0.05, 0.1) is 6.61 Å². The van der Waals surface area contributed by atoms with Crippen LogP contribution in [-0.2, 0) is 20.9 Å². The highest BCUT2D eigenvalue weighted by atomic mass is 16.6. The number of nitrogens with one attached hydrogen (secondary N) is 2. The van der Waals surface area contributed by atoms with Crippen LogP contribution in [0, 0.1) is 0 Å². The van der Waals surface area contributed by atoms with Gasteiger partial charge in [0, 0.05) is 13.1 Å². The quantitative estimate of drug-likeness (QED) is 0.385. The molecule has 0 heterocycles. The molecule has 0 radical (unpaired) electrons. The molecule has 3 amide bonds. The lowest BCUT2D eigenvalue weighted by Gasteiger charge is -2.33. The Morgan fingerprint density at radius 2 is 1.71 bits per heavy atom. The van der Waals surface area contributed by atoms with Crippen LogP contribution < -0.4 is 10.6 Å². The third-order valence-electron chi connectivity index (χ3n) is 4.86. The van der Waals surface area contributed by atoms with E-state index in [0.717, 1.165) is 5.56 Å². The van der Waals surface area contributed by atoms with Crippen molar-refractivity contribution in [1.29, 1.82) is 0 Å². The zero-order valence-electron chi connectivity index (χ0n) is 20.2. The van der Waals surface area contributed by atoms with E-state index < -0.39 is 42.2 Å². The van der Waals surface area contributed by atoms with Gasteiger partial charge in [-0.3, -0.25) is 9.59 Å². The maximum absolute atomic E-state index is 13.4. The Kier molecular flexibility index (Phi) is 9.84. The third kappa shape index (κ3) is 8.46. The summed E-state index contributed by atoms with van der Waals surface area (Å²) < 4.78 is 5.19. The van der Waals surface area contributed by atoms with E-state index in [0.29, 0.717) is 5.56 Å². The number of ether oxygens (including phenoxy) is 1. The summed E-state index contributed by atoms with van der Waals surface area (Å²) in [6.45, 7) is 8.16. The van der Waals surface area contributed by atoms with Gasteiger partial charge in [-0.1, -0.05) is 48.5 Å². The predicted molar refractivity (Wildman–Crippen MR) is 131 cm³/mol. The highest BCUT2D eigenvalue weighted by Gasteiger charge is 2.35. The van der Waals surface area contributed by atoms with Crippen LogP contribution in [0.15, 0.2) is 67.3 Å². The van der Waals surface area contributed by atoms with Crippen LogP contribution in [0.25, 0.3) is 0 Å². The maximum Gasteiger partial charge on any atom is 0.408 e. The number of hydrogen-bond donors (Lipinski definition) is 4. The molecule has 35 heavy (non-hydrogen) atoms. The lowest BCUT2D eigenvalue weighted by Crippen LogP contribution is -2.54. The number of hydrogen-bond acceptors (Lipinski definition) is 6. The van der Waals surface area contributed by atoms with Crippen LogP contribution >= 0.6 is 0 Å². The molecule has 0 saturated carbocycles. The van der Waals surface area contributed by atoms with E-state index in [9.17, 15) is 24.6 Å². The SMILES string of the molecule is C=CCN(C(=O)C(CO)NC(=O)OC(C)(C)C)C(C(=O)NCc1ccccc1)c1ccc(O)cc1. The standard InChI is InChI=1S/C26H33N3O6/c1-5-15-29(24(33)21(17-30)28-25(34)35-26(2,3)4)22(19-11-13-20(31)14-12-19)23(32)27-16-18-9-7-6-8-10-18/h5-14,21-22,30-31H,1,15-17H2,2-4H3,(H,27,32)(H,28,34). The fraction of sp³-hybridized carbons (Fsp3) is 0.346. The summed E-state index contributed by atoms with van der Waals surface area (Å²) in [4.78, 5) is 40.3. The highest BCUT2D eigenvalue weighted by Crippen LogP contribution is 2.25. The Morgan fingerprint density at radius 3 is 2.26 bits per heavy atom. The van der Waals surface area contributed by atoms with Gasteiger partial charge in [-0.2, -0.15) is 0 Å². The van der Waals surface area contributed by atoms with Gasteiger partial charge >= 0.3 is 6.09 Å². The van der Waals surface area contributed by atoms with Crippen molar-refractivity contribution in [2.75, 3.05) is 13.2 Å². The minimum absolute atomic E-state index is 0.00128. The molecule has 2 rings (SSSR count). The first-order valence-electron chi connectivity index (χ1n) is 11.2. The number of phenols is 1. The summed E-state index contributed by atoms with van der Waals surface area (Å²) in [5, 5.41) is 24.8. The maximum atomic E-state index is 13.4. The van der Waals surface area contributed by atoms with E-state index >= 15 is 0 Å². The van der Waals surface area contributed by atoms with Crippen LogP contribution in [0.3, 0.4) is 0 Å². The van der Waals surface area contributed by atoms with Crippen LogP contribution in [0.2, 0.25) is 0 Å². The smallest absolute Gasteiger partial charge is 0.408 e. The molecule has 2 aromatic carbocycles. The van der Waals surface area contributed by atoms with E-state index in [2.05, 4.69) is 17.2 Å². The Labute approximate surface area is 205 Å². The van der Waals surface area contributed by atoms with Gasteiger partial charge in [-0.15, -0.1) is 6.58 Å². The lowest BCUT2D eigenvalue weighted by atomic mass is 10.0. The number of carbonyl (C=O) groups excluding carboxylic acids is 3. The van der Waals surface area contributed by atoms with E-state index in [4.69, 9.17) is 4.74 Å². The van der Waals surface area contributed by atoms with Crippen molar-refractivity contribution >= 4 is 17.9 Å². The molecule has 0 saturated heterocycles. The van der Waals surface area contributed by atoms with Crippen molar-refractivity contribution in [2.24, 2.45) is 0 Å². The van der Waals surface area contributed by atoms with E-state index in [1.807, 2.05) is 30.3 Å². The summed E-state index contributed by atoms with van der Waals surface area (Å²) in [5.41, 5.74) is 0.490. The van der Waals surface area contributed by atoms with E-state index in [-0.39, 0.29) is 18.8 Å². The molecule has 0 aliphatic heterocycles. The van der Waals surface area contributed by atoms with Gasteiger partial charge in [0.25, 0.3) is 0 Å². The zero-order chi connectivity index (χ0) is 26.0. The van der Waals surface area contributed by atoms with Crippen molar-refractivity contribution in [3.63, 3.8) is 0 Å². The number of rotatable bonds is 10. The van der Waals surface area contributed by atoms with Crippen LogP contribution in [0.5, 0.6) is 5.75 Å². The molecule has 0 spiro atoms. The average molecular weight is 484 g/mol. The number of aliphatic hydroxyl groups is 1. The number of benzene rings is 2. The van der Waals surface area contributed by atoms with Crippen LogP contribution in [0.1, 0.15) is 37.9 Å². The van der Waals surface area contributed by atoms with Gasteiger partial charge in [-0.25, -0.2) is 4.79 Å². The summed E-state index contributed by atoms with van der Waals surface area (Å²) in [7, 11) is 0. The normalized spacial score (nSPS) is 12.7. The first-order chi connectivity index (χ1) is 16.6. The first kappa shape index (κ1) is 27.4. The number of carbonyl (C=O) groups is 3. The molecule has 2 unspecified atom stereocenters. The van der Waals surface area contributed by atoms with Gasteiger partial charge < -0.3 is 30.5 Å². The molecule has 188 valence electrons. The fourth-order valence-corrected chi connectivity index (χ4v) is 3.31. The fourth-order valence-electron chi connectivity index (χ4n) is 3.31. The second kappa shape index (κ2) is 12.6. The highest BCUT2D eigenvalue weighted by molar-refractivity contribution is 5.92. The second-order valence-electron chi connectivity index (χ2n) is 8.86. The van der Waals surface area contributed by atoms with Crippen LogP contribution in [-0.4, -0.2) is 57.8 Å². The number of nitrogens with zero attached hydrogens (tertiary/aromatic N) is 1. The summed E-state index contributed by atoms with van der Waals surface area (Å²) in [5.74, 6) is -1.19. The number of aliphatic hydroxyl groups excluding tert-OH is 1. The van der Waals surface area contributed by atoms with Crippen molar-refractivity contribution in [3.05, 3.63) is 78.4 Å². The Bertz CT molecular complexity index is 1000. The molecule has 0 bridgehead atoms. The molecule has 9 nitrogen and oxygen atoms in total. The van der Waals surface area contributed by atoms with Crippen molar-refractivity contribution in [1.82, 2.24) is 15.5 Å². The van der Waals surface area contributed by atoms with Crippen LogP contribution in [0.4, 0.5) is 4.79 Å². The third-order valence-corrected chi connectivity index (χ3v) is 4.86. The topological polar surface area (TPSA) is 128 Å². The molecule has 2 atom stereocenters. The molecule has 0 aliphatic carbocycles. The lowest BCUT2D eigenvalue weighted by molar-refractivity contribution is -0.142. The first-order valence-corrected chi connectivity index (χ1v) is 11.2.